The second-order valence-corrected chi connectivity index (χ2v) is 7.54. The highest BCUT2D eigenvalue weighted by atomic mass is 32.1. The van der Waals surface area contributed by atoms with Gasteiger partial charge in [-0.2, -0.15) is 0 Å². The molecule has 2 heterocycles. The largest absolute Gasteiger partial charge is 0.342 e. The van der Waals surface area contributed by atoms with Gasteiger partial charge in [0.2, 0.25) is 11.8 Å². The molecule has 2 aromatic rings. The lowest BCUT2D eigenvalue weighted by molar-refractivity contribution is -0.128. The first kappa shape index (κ1) is 17.6. The lowest BCUT2D eigenvalue weighted by atomic mass is 10.1. The molecule has 0 aliphatic carbocycles. The Hall–Kier alpha value is -2.21. The number of carbonyl (C=O) groups is 2. The van der Waals surface area contributed by atoms with Crippen molar-refractivity contribution in [1.29, 1.82) is 0 Å². The molecule has 6 heteroatoms. The predicted molar refractivity (Wildman–Crippen MR) is 99.7 cm³/mol. The van der Waals surface area contributed by atoms with Gasteiger partial charge < -0.3 is 10.2 Å². The third-order valence-electron chi connectivity index (χ3n) is 4.56. The van der Waals surface area contributed by atoms with Crippen molar-refractivity contribution in [2.75, 3.05) is 18.4 Å². The van der Waals surface area contributed by atoms with Crippen LogP contribution in [0.25, 0.3) is 0 Å². The lowest BCUT2D eigenvalue weighted by Gasteiger charge is -2.16. The van der Waals surface area contributed by atoms with Gasteiger partial charge in [0, 0.05) is 24.4 Å². The zero-order chi connectivity index (χ0) is 17.8. The lowest BCUT2D eigenvalue weighted by Crippen LogP contribution is -2.30. The van der Waals surface area contributed by atoms with Crippen molar-refractivity contribution >= 4 is 28.3 Å². The van der Waals surface area contributed by atoms with Gasteiger partial charge in [-0.1, -0.05) is 37.3 Å². The minimum atomic E-state index is -0.294. The van der Waals surface area contributed by atoms with E-state index in [1.54, 1.807) is 4.90 Å². The van der Waals surface area contributed by atoms with E-state index in [0.717, 1.165) is 23.4 Å². The predicted octanol–water partition coefficient (Wildman–Crippen LogP) is 3.04. The molecule has 1 aliphatic heterocycles. The molecular weight excluding hydrogens is 334 g/mol. The molecule has 132 valence electrons. The van der Waals surface area contributed by atoms with Gasteiger partial charge >= 0.3 is 0 Å². The molecule has 1 saturated heterocycles. The van der Waals surface area contributed by atoms with E-state index in [0.29, 0.717) is 18.2 Å². The van der Waals surface area contributed by atoms with Gasteiger partial charge in [-0.15, -0.1) is 11.3 Å². The highest BCUT2D eigenvalue weighted by Gasteiger charge is 2.34. The first-order valence-electron chi connectivity index (χ1n) is 8.65. The number of hydrogen-bond donors (Lipinski definition) is 1. The van der Waals surface area contributed by atoms with Gasteiger partial charge in [-0.25, -0.2) is 4.98 Å². The third kappa shape index (κ3) is 4.25. The second-order valence-electron chi connectivity index (χ2n) is 6.34. The Morgan fingerprint density at radius 1 is 1.36 bits per heavy atom. The number of anilines is 1. The zero-order valence-electron chi connectivity index (χ0n) is 14.6. The van der Waals surface area contributed by atoms with Crippen LogP contribution in [0.15, 0.2) is 30.3 Å². The maximum atomic E-state index is 12.5. The summed E-state index contributed by atoms with van der Waals surface area (Å²) in [7, 11) is 0. The number of aryl methyl sites for hydroxylation is 2. The van der Waals surface area contributed by atoms with E-state index < -0.39 is 0 Å². The number of hydrogen-bond acceptors (Lipinski definition) is 4. The Morgan fingerprint density at radius 2 is 2.12 bits per heavy atom. The van der Waals surface area contributed by atoms with E-state index in [9.17, 15) is 9.59 Å². The second kappa shape index (κ2) is 7.78. The van der Waals surface area contributed by atoms with Gasteiger partial charge in [-0.05, 0) is 25.3 Å². The van der Waals surface area contributed by atoms with E-state index in [1.165, 1.54) is 16.9 Å². The molecule has 1 aliphatic rings. The Labute approximate surface area is 152 Å². The van der Waals surface area contributed by atoms with Crippen molar-refractivity contribution < 1.29 is 9.59 Å². The fourth-order valence-electron chi connectivity index (χ4n) is 3.09. The summed E-state index contributed by atoms with van der Waals surface area (Å²) in [6.07, 6.45) is 1.95. The van der Waals surface area contributed by atoms with Crippen molar-refractivity contribution in [2.24, 2.45) is 5.92 Å². The standard InChI is InChI=1S/C19H23N3O2S/c1-3-16-13(2)25-19(20-16)21-18(24)15-11-17(23)22(12-15)10-9-14-7-5-4-6-8-14/h4-8,15H,3,9-12H2,1-2H3,(H,20,21,24)/t15-/m1/s1. The van der Waals surface area contributed by atoms with Crippen LogP contribution in [0, 0.1) is 12.8 Å². The van der Waals surface area contributed by atoms with E-state index in [1.807, 2.05) is 32.0 Å². The molecule has 1 aromatic carbocycles. The first-order chi connectivity index (χ1) is 12.1. The van der Waals surface area contributed by atoms with Crippen LogP contribution in [-0.2, 0) is 22.4 Å². The molecule has 0 bridgehead atoms. The molecule has 0 spiro atoms. The van der Waals surface area contributed by atoms with Crippen LogP contribution in [0.1, 0.15) is 29.5 Å². The molecular formula is C19H23N3O2S. The number of nitrogens with one attached hydrogen (secondary N) is 1. The summed E-state index contributed by atoms with van der Waals surface area (Å²) in [5.41, 5.74) is 2.22. The van der Waals surface area contributed by atoms with E-state index in [4.69, 9.17) is 0 Å². The van der Waals surface area contributed by atoms with Crippen LogP contribution in [0.3, 0.4) is 0 Å². The average molecular weight is 357 g/mol. The van der Waals surface area contributed by atoms with E-state index >= 15 is 0 Å². The van der Waals surface area contributed by atoms with E-state index in [-0.39, 0.29) is 24.2 Å². The molecule has 0 radical (unpaired) electrons. The Balaban J connectivity index is 1.55. The van der Waals surface area contributed by atoms with Crippen LogP contribution in [0.2, 0.25) is 0 Å². The average Bonchev–Trinajstić information content (AvgIpc) is 3.16. The third-order valence-corrected chi connectivity index (χ3v) is 5.48. The summed E-state index contributed by atoms with van der Waals surface area (Å²) in [6, 6.07) is 10.1. The maximum absolute atomic E-state index is 12.5. The molecule has 0 unspecified atom stereocenters. The Bertz CT molecular complexity index is 757. The van der Waals surface area contributed by atoms with Gasteiger partial charge in [0.15, 0.2) is 5.13 Å². The normalized spacial score (nSPS) is 17.1. The van der Waals surface area contributed by atoms with Crippen LogP contribution in [-0.4, -0.2) is 34.8 Å². The molecule has 5 nitrogen and oxygen atoms in total. The molecule has 1 aromatic heterocycles. The Kier molecular flexibility index (Phi) is 5.48. The highest BCUT2D eigenvalue weighted by Crippen LogP contribution is 2.25. The van der Waals surface area contributed by atoms with Crippen molar-refractivity contribution in [2.45, 2.75) is 33.1 Å². The minimum absolute atomic E-state index is 0.0562. The van der Waals surface area contributed by atoms with Crippen LogP contribution in [0.4, 0.5) is 5.13 Å². The molecule has 2 amide bonds. The van der Waals surface area contributed by atoms with Crippen molar-refractivity contribution in [1.82, 2.24) is 9.88 Å². The number of carbonyl (C=O) groups excluding carboxylic acids is 2. The molecule has 1 fully saturated rings. The number of amides is 2. The molecule has 25 heavy (non-hydrogen) atoms. The van der Waals surface area contributed by atoms with Crippen LogP contribution in [0.5, 0.6) is 0 Å². The minimum Gasteiger partial charge on any atom is -0.342 e. The summed E-state index contributed by atoms with van der Waals surface area (Å²) < 4.78 is 0. The summed E-state index contributed by atoms with van der Waals surface area (Å²) in [5.74, 6) is -0.342. The van der Waals surface area contributed by atoms with E-state index in [2.05, 4.69) is 22.4 Å². The maximum Gasteiger partial charge on any atom is 0.231 e. The fraction of sp³-hybridized carbons (Fsp3) is 0.421. The summed E-state index contributed by atoms with van der Waals surface area (Å²) in [5, 5.41) is 3.52. The summed E-state index contributed by atoms with van der Waals surface area (Å²) in [6.45, 7) is 5.20. The van der Waals surface area contributed by atoms with Crippen molar-refractivity contribution in [3.63, 3.8) is 0 Å². The number of benzene rings is 1. The zero-order valence-corrected chi connectivity index (χ0v) is 15.4. The van der Waals surface area contributed by atoms with Gasteiger partial charge in [0.1, 0.15) is 0 Å². The van der Waals surface area contributed by atoms with Crippen LogP contribution < -0.4 is 5.32 Å². The highest BCUT2D eigenvalue weighted by molar-refractivity contribution is 7.15. The molecule has 1 N–H and O–H groups in total. The van der Waals surface area contributed by atoms with Gasteiger partial charge in [0.05, 0.1) is 11.6 Å². The Morgan fingerprint density at radius 3 is 2.80 bits per heavy atom. The number of likely N-dealkylation sites (tertiary alicyclic amines) is 1. The molecule has 1 atom stereocenters. The van der Waals surface area contributed by atoms with Crippen molar-refractivity contribution in [3.8, 4) is 0 Å². The van der Waals surface area contributed by atoms with Crippen molar-refractivity contribution in [3.05, 3.63) is 46.5 Å². The smallest absolute Gasteiger partial charge is 0.231 e. The SMILES string of the molecule is CCc1nc(NC(=O)[C@@H]2CC(=O)N(CCc3ccccc3)C2)sc1C. The first-order valence-corrected chi connectivity index (χ1v) is 9.47. The molecule has 3 rings (SSSR count). The summed E-state index contributed by atoms with van der Waals surface area (Å²) >= 11 is 1.49. The number of thiazole rings is 1. The van der Waals surface area contributed by atoms with Gasteiger partial charge in [-0.3, -0.25) is 9.59 Å². The fourth-order valence-corrected chi connectivity index (χ4v) is 3.99. The topological polar surface area (TPSA) is 62.3 Å². The number of nitrogens with zero attached hydrogens (tertiary/aromatic N) is 2. The number of rotatable bonds is 6. The van der Waals surface area contributed by atoms with Gasteiger partial charge in [0.25, 0.3) is 0 Å². The van der Waals surface area contributed by atoms with Crippen LogP contribution >= 0.6 is 11.3 Å². The monoisotopic (exact) mass is 357 g/mol. The summed E-state index contributed by atoms with van der Waals surface area (Å²) in [4.78, 5) is 32.0. The quantitative estimate of drug-likeness (QED) is 0.864. The molecule has 0 saturated carbocycles. The number of aromatic nitrogens is 1.